The first-order chi connectivity index (χ1) is 6.83. The minimum atomic E-state index is 0.303. The second kappa shape index (κ2) is 3.38. The first-order valence-corrected chi connectivity index (χ1v) is 4.23. The molecule has 0 aliphatic carbocycles. The first kappa shape index (κ1) is 8.57. The molecule has 14 heavy (non-hydrogen) atoms. The quantitative estimate of drug-likeness (QED) is 0.777. The Morgan fingerprint density at radius 3 is 3.14 bits per heavy atom. The first-order valence-electron chi connectivity index (χ1n) is 4.23. The highest BCUT2D eigenvalue weighted by Gasteiger charge is 2.02. The monoisotopic (exact) mass is 187 g/mol. The molecule has 0 amide bonds. The van der Waals surface area contributed by atoms with Crippen molar-refractivity contribution >= 4 is 11.0 Å². The van der Waals surface area contributed by atoms with Gasteiger partial charge in [-0.05, 0) is 12.1 Å². The van der Waals surface area contributed by atoms with Crippen LogP contribution in [0.1, 0.15) is 5.82 Å². The molecule has 0 saturated heterocycles. The fraction of sp³-hybridized carbons (Fsp3) is 0.200. The van der Waals surface area contributed by atoms with Crippen LogP contribution in [0.3, 0.4) is 0 Å². The highest BCUT2D eigenvalue weighted by atomic mass is 16.5. The van der Waals surface area contributed by atoms with Crippen LogP contribution in [0.15, 0.2) is 18.2 Å². The van der Waals surface area contributed by atoms with Crippen LogP contribution in [0.2, 0.25) is 0 Å². The minimum Gasteiger partial charge on any atom is -0.497 e. The van der Waals surface area contributed by atoms with Crippen molar-refractivity contribution in [1.29, 1.82) is 5.26 Å². The maximum absolute atomic E-state index is 8.51. The number of imidazole rings is 1. The van der Waals surface area contributed by atoms with E-state index in [9.17, 15) is 0 Å². The lowest BCUT2D eigenvalue weighted by Crippen LogP contribution is -1.82. The Morgan fingerprint density at radius 1 is 1.57 bits per heavy atom. The SMILES string of the molecule is COc1ccc2nc(CC#N)[nH]c2c1. The molecule has 1 aromatic heterocycles. The third-order valence-corrected chi connectivity index (χ3v) is 1.98. The normalized spacial score (nSPS) is 10.0. The van der Waals surface area contributed by atoms with Crippen molar-refractivity contribution in [2.75, 3.05) is 7.11 Å². The summed E-state index contributed by atoms with van der Waals surface area (Å²) in [5.41, 5.74) is 1.76. The third kappa shape index (κ3) is 1.40. The zero-order chi connectivity index (χ0) is 9.97. The summed E-state index contributed by atoms with van der Waals surface area (Å²) < 4.78 is 5.08. The van der Waals surface area contributed by atoms with Gasteiger partial charge in [-0.15, -0.1) is 0 Å². The average molecular weight is 187 g/mol. The van der Waals surface area contributed by atoms with Gasteiger partial charge in [0.15, 0.2) is 0 Å². The predicted octanol–water partition coefficient (Wildman–Crippen LogP) is 1.64. The van der Waals surface area contributed by atoms with Crippen LogP contribution in [-0.4, -0.2) is 17.1 Å². The van der Waals surface area contributed by atoms with Crippen LogP contribution in [0.5, 0.6) is 5.75 Å². The molecule has 1 N–H and O–H groups in total. The highest BCUT2D eigenvalue weighted by molar-refractivity contribution is 5.76. The fourth-order valence-electron chi connectivity index (χ4n) is 1.33. The van der Waals surface area contributed by atoms with Crippen molar-refractivity contribution in [1.82, 2.24) is 9.97 Å². The molecule has 0 aliphatic rings. The van der Waals surface area contributed by atoms with E-state index in [0.29, 0.717) is 12.2 Å². The summed E-state index contributed by atoms with van der Waals surface area (Å²) in [6, 6.07) is 7.63. The van der Waals surface area contributed by atoms with Gasteiger partial charge in [-0.1, -0.05) is 0 Å². The van der Waals surface area contributed by atoms with Gasteiger partial charge < -0.3 is 9.72 Å². The second-order valence-corrected chi connectivity index (χ2v) is 2.90. The third-order valence-electron chi connectivity index (χ3n) is 1.98. The number of ether oxygens (including phenoxy) is 1. The number of benzene rings is 1. The maximum Gasteiger partial charge on any atom is 0.121 e. The summed E-state index contributed by atoms with van der Waals surface area (Å²) in [5, 5.41) is 8.51. The Kier molecular flexibility index (Phi) is 2.07. The van der Waals surface area contributed by atoms with Gasteiger partial charge in [0.1, 0.15) is 11.6 Å². The summed E-state index contributed by atoms with van der Waals surface area (Å²) in [5.74, 6) is 1.47. The summed E-state index contributed by atoms with van der Waals surface area (Å²) in [6.07, 6.45) is 0.303. The van der Waals surface area contributed by atoms with Gasteiger partial charge in [0, 0.05) is 6.07 Å². The minimum absolute atomic E-state index is 0.303. The second-order valence-electron chi connectivity index (χ2n) is 2.90. The van der Waals surface area contributed by atoms with Crippen LogP contribution < -0.4 is 4.74 Å². The molecular weight excluding hydrogens is 178 g/mol. The molecular formula is C10H9N3O. The van der Waals surface area contributed by atoms with E-state index in [-0.39, 0.29) is 0 Å². The molecule has 0 fully saturated rings. The number of nitrogens with zero attached hydrogens (tertiary/aromatic N) is 2. The number of hydrogen-bond acceptors (Lipinski definition) is 3. The van der Waals surface area contributed by atoms with E-state index in [1.807, 2.05) is 24.3 Å². The molecule has 0 spiro atoms. The number of methoxy groups -OCH3 is 1. The largest absolute Gasteiger partial charge is 0.497 e. The van der Waals surface area contributed by atoms with Crippen molar-refractivity contribution < 1.29 is 4.74 Å². The number of rotatable bonds is 2. The number of H-pyrrole nitrogens is 1. The van der Waals surface area contributed by atoms with Crippen LogP contribution in [0.4, 0.5) is 0 Å². The molecule has 0 bridgehead atoms. The Bertz CT molecular complexity index is 496. The molecule has 0 aliphatic heterocycles. The summed E-state index contributed by atoms with van der Waals surface area (Å²) in [7, 11) is 1.62. The van der Waals surface area contributed by atoms with E-state index in [0.717, 1.165) is 16.8 Å². The molecule has 0 unspecified atom stereocenters. The van der Waals surface area contributed by atoms with Crippen LogP contribution >= 0.6 is 0 Å². The number of nitriles is 1. The maximum atomic E-state index is 8.51. The molecule has 0 radical (unpaired) electrons. The predicted molar refractivity (Wildman–Crippen MR) is 52.0 cm³/mol. The zero-order valence-corrected chi connectivity index (χ0v) is 7.74. The molecule has 0 saturated carbocycles. The van der Waals surface area contributed by atoms with E-state index in [1.54, 1.807) is 7.11 Å². The van der Waals surface area contributed by atoms with Gasteiger partial charge >= 0.3 is 0 Å². The van der Waals surface area contributed by atoms with Gasteiger partial charge in [0.05, 0.1) is 30.6 Å². The molecule has 2 rings (SSSR count). The van der Waals surface area contributed by atoms with Crippen molar-refractivity contribution in [3.05, 3.63) is 24.0 Å². The van der Waals surface area contributed by atoms with Crippen molar-refractivity contribution in [3.63, 3.8) is 0 Å². The van der Waals surface area contributed by atoms with Crippen molar-refractivity contribution in [3.8, 4) is 11.8 Å². The van der Waals surface area contributed by atoms with Crippen molar-refractivity contribution in [2.24, 2.45) is 0 Å². The molecule has 4 heteroatoms. The molecule has 1 heterocycles. The van der Waals surface area contributed by atoms with Gasteiger partial charge in [0.25, 0.3) is 0 Å². The topological polar surface area (TPSA) is 61.7 Å². The lowest BCUT2D eigenvalue weighted by atomic mass is 10.3. The highest BCUT2D eigenvalue weighted by Crippen LogP contribution is 2.18. The zero-order valence-electron chi connectivity index (χ0n) is 7.74. The number of nitrogens with one attached hydrogen (secondary N) is 1. The summed E-state index contributed by atoms with van der Waals surface area (Å²) in [4.78, 5) is 7.30. The Labute approximate surface area is 81.1 Å². The van der Waals surface area contributed by atoms with Gasteiger partial charge in [-0.2, -0.15) is 5.26 Å². The Hall–Kier alpha value is -2.02. The van der Waals surface area contributed by atoms with Crippen molar-refractivity contribution in [2.45, 2.75) is 6.42 Å². The van der Waals surface area contributed by atoms with Gasteiger partial charge in [-0.3, -0.25) is 0 Å². The molecule has 0 atom stereocenters. The number of aromatic amines is 1. The van der Waals surface area contributed by atoms with Crippen LogP contribution in [-0.2, 0) is 6.42 Å². The summed E-state index contributed by atoms with van der Waals surface area (Å²) in [6.45, 7) is 0. The smallest absolute Gasteiger partial charge is 0.121 e. The van der Waals surface area contributed by atoms with E-state index in [4.69, 9.17) is 10.00 Å². The lowest BCUT2D eigenvalue weighted by molar-refractivity contribution is 0.415. The Morgan fingerprint density at radius 2 is 2.43 bits per heavy atom. The molecule has 70 valence electrons. The van der Waals surface area contributed by atoms with Gasteiger partial charge in [0.2, 0.25) is 0 Å². The molecule has 2 aromatic rings. The number of hydrogen-bond donors (Lipinski definition) is 1. The number of fused-ring (bicyclic) bond motifs is 1. The Balaban J connectivity index is 2.50. The van der Waals surface area contributed by atoms with E-state index >= 15 is 0 Å². The van der Waals surface area contributed by atoms with E-state index < -0.39 is 0 Å². The molecule has 4 nitrogen and oxygen atoms in total. The van der Waals surface area contributed by atoms with Gasteiger partial charge in [-0.25, -0.2) is 4.98 Å². The average Bonchev–Trinajstić information content (AvgIpc) is 2.59. The lowest BCUT2D eigenvalue weighted by Gasteiger charge is -1.96. The van der Waals surface area contributed by atoms with Crippen LogP contribution in [0.25, 0.3) is 11.0 Å². The number of aromatic nitrogens is 2. The standard InChI is InChI=1S/C10H9N3O/c1-14-7-2-3-8-9(6-7)13-10(12-8)4-5-11/h2-3,6H,4H2,1H3,(H,12,13). The summed E-state index contributed by atoms with van der Waals surface area (Å²) >= 11 is 0. The fourth-order valence-corrected chi connectivity index (χ4v) is 1.33. The van der Waals surface area contributed by atoms with E-state index in [2.05, 4.69) is 9.97 Å². The molecule has 1 aromatic carbocycles. The van der Waals surface area contributed by atoms with E-state index in [1.165, 1.54) is 0 Å². The van der Waals surface area contributed by atoms with Crippen LogP contribution in [0, 0.1) is 11.3 Å².